The Bertz CT molecular complexity index is 984. The number of rotatable bonds is 7. The second-order valence-corrected chi connectivity index (χ2v) is 5.95. The average molecular weight is 383 g/mol. The molecule has 0 aliphatic rings. The molecule has 0 atom stereocenters. The number of ether oxygens (including phenoxy) is 3. The van der Waals surface area contributed by atoms with Gasteiger partial charge in [0.15, 0.2) is 5.76 Å². The molecular weight excluding hydrogens is 362 g/mol. The van der Waals surface area contributed by atoms with Gasteiger partial charge in [0.1, 0.15) is 17.3 Å². The highest BCUT2D eigenvalue weighted by atomic mass is 16.5. The molecular formula is C20H21N3O5. The van der Waals surface area contributed by atoms with Crippen molar-refractivity contribution in [3.63, 3.8) is 0 Å². The van der Waals surface area contributed by atoms with Crippen molar-refractivity contribution in [2.75, 3.05) is 26.6 Å². The number of methoxy groups -OCH3 is 3. The molecule has 8 nitrogen and oxygen atoms in total. The highest BCUT2D eigenvalue weighted by molar-refractivity contribution is 6.01. The monoisotopic (exact) mass is 383 g/mol. The van der Waals surface area contributed by atoms with Crippen LogP contribution >= 0.6 is 0 Å². The number of hydrogen-bond donors (Lipinski definition) is 1. The second-order valence-electron chi connectivity index (χ2n) is 5.95. The Kier molecular flexibility index (Phi) is 5.78. The molecule has 0 radical (unpaired) electrons. The minimum absolute atomic E-state index is 0.147. The van der Waals surface area contributed by atoms with Crippen LogP contribution in [0.5, 0.6) is 17.4 Å². The summed E-state index contributed by atoms with van der Waals surface area (Å²) in [5, 5.41) is 2.61. The van der Waals surface area contributed by atoms with Gasteiger partial charge in [-0.1, -0.05) is 0 Å². The van der Waals surface area contributed by atoms with E-state index in [2.05, 4.69) is 15.3 Å². The molecule has 0 aliphatic heterocycles. The van der Waals surface area contributed by atoms with Crippen molar-refractivity contribution >= 4 is 11.9 Å². The number of hydrogen-bond acceptors (Lipinski definition) is 7. The van der Waals surface area contributed by atoms with E-state index in [0.29, 0.717) is 35.3 Å². The van der Waals surface area contributed by atoms with E-state index in [4.69, 9.17) is 18.6 Å². The first-order chi connectivity index (χ1) is 13.5. The first-order valence-corrected chi connectivity index (χ1v) is 8.53. The van der Waals surface area contributed by atoms with Gasteiger partial charge in [-0.25, -0.2) is 4.98 Å². The van der Waals surface area contributed by atoms with Gasteiger partial charge in [-0.3, -0.25) is 10.1 Å². The van der Waals surface area contributed by atoms with Gasteiger partial charge < -0.3 is 18.6 Å². The largest absolute Gasteiger partial charge is 0.497 e. The summed E-state index contributed by atoms with van der Waals surface area (Å²) in [6.07, 6.45) is 0.447. The zero-order chi connectivity index (χ0) is 20.1. The van der Waals surface area contributed by atoms with Crippen molar-refractivity contribution in [1.29, 1.82) is 0 Å². The lowest BCUT2D eigenvalue weighted by molar-refractivity contribution is 0.0994. The minimum atomic E-state index is -0.448. The van der Waals surface area contributed by atoms with Gasteiger partial charge in [-0.05, 0) is 37.3 Å². The van der Waals surface area contributed by atoms with Crippen LogP contribution in [0.15, 0.2) is 40.8 Å². The van der Waals surface area contributed by atoms with E-state index < -0.39 is 5.91 Å². The summed E-state index contributed by atoms with van der Waals surface area (Å²) in [5.41, 5.74) is 1.56. The normalized spacial score (nSPS) is 10.4. The molecule has 2 aromatic heterocycles. The van der Waals surface area contributed by atoms with E-state index in [0.717, 1.165) is 5.56 Å². The summed E-state index contributed by atoms with van der Waals surface area (Å²) >= 11 is 0. The molecule has 0 saturated carbocycles. The SMILES string of the molecule is COc1ccc(OC)c(Cc2ccc(C(=O)Nc3nc(C)cc(OC)n3)o2)c1. The predicted octanol–water partition coefficient (Wildman–Crippen LogP) is 3.25. The van der Waals surface area contributed by atoms with E-state index >= 15 is 0 Å². The van der Waals surface area contributed by atoms with Crippen LogP contribution in [0.3, 0.4) is 0 Å². The standard InChI is InChI=1S/C20H21N3O5/c1-12-9-18(27-4)22-20(21-12)23-19(24)17-8-6-15(28-17)11-13-10-14(25-2)5-7-16(13)26-3/h5-10H,11H2,1-4H3,(H,21,22,23,24). The number of aromatic nitrogens is 2. The quantitative estimate of drug-likeness (QED) is 0.669. The van der Waals surface area contributed by atoms with Gasteiger partial charge in [0.2, 0.25) is 11.8 Å². The molecule has 3 aromatic rings. The fourth-order valence-electron chi connectivity index (χ4n) is 2.67. The number of aryl methyl sites for hydroxylation is 1. The number of carbonyl (C=O) groups is 1. The lowest BCUT2D eigenvalue weighted by atomic mass is 10.1. The maximum Gasteiger partial charge on any atom is 0.293 e. The molecule has 1 N–H and O–H groups in total. The van der Waals surface area contributed by atoms with Crippen molar-refractivity contribution in [3.8, 4) is 17.4 Å². The van der Waals surface area contributed by atoms with Crippen molar-refractivity contribution < 1.29 is 23.4 Å². The fourth-order valence-corrected chi connectivity index (χ4v) is 2.67. The summed E-state index contributed by atoms with van der Waals surface area (Å²) in [6, 6.07) is 10.5. The molecule has 0 spiro atoms. The molecule has 28 heavy (non-hydrogen) atoms. The summed E-state index contributed by atoms with van der Waals surface area (Å²) in [6.45, 7) is 1.78. The second kappa shape index (κ2) is 8.43. The average Bonchev–Trinajstić information content (AvgIpc) is 3.16. The summed E-state index contributed by atoms with van der Waals surface area (Å²) in [7, 11) is 4.70. The maximum absolute atomic E-state index is 12.4. The topological polar surface area (TPSA) is 95.7 Å². The van der Waals surface area contributed by atoms with Crippen LogP contribution in [-0.4, -0.2) is 37.2 Å². The van der Waals surface area contributed by atoms with Crippen molar-refractivity contribution in [1.82, 2.24) is 9.97 Å². The molecule has 2 heterocycles. The first-order valence-electron chi connectivity index (χ1n) is 8.53. The Morgan fingerprint density at radius 2 is 1.86 bits per heavy atom. The fraction of sp³-hybridized carbons (Fsp3) is 0.250. The van der Waals surface area contributed by atoms with Gasteiger partial charge >= 0.3 is 0 Å². The Labute approximate surface area is 162 Å². The highest BCUT2D eigenvalue weighted by Crippen LogP contribution is 2.27. The van der Waals surface area contributed by atoms with Gasteiger partial charge in [0.05, 0.1) is 21.3 Å². The Balaban J connectivity index is 1.75. The molecule has 1 aromatic carbocycles. The zero-order valence-electron chi connectivity index (χ0n) is 16.1. The lowest BCUT2D eigenvalue weighted by Gasteiger charge is -2.09. The van der Waals surface area contributed by atoms with Crippen LogP contribution < -0.4 is 19.5 Å². The Morgan fingerprint density at radius 1 is 1.04 bits per heavy atom. The van der Waals surface area contributed by atoms with Gasteiger partial charge in [0.25, 0.3) is 5.91 Å². The summed E-state index contributed by atoms with van der Waals surface area (Å²) in [5.74, 6) is 2.26. The molecule has 8 heteroatoms. The maximum atomic E-state index is 12.4. The van der Waals surface area contributed by atoms with Crippen LogP contribution in [0.4, 0.5) is 5.95 Å². The molecule has 0 unspecified atom stereocenters. The number of carbonyl (C=O) groups excluding carboxylic acids is 1. The molecule has 0 saturated heterocycles. The van der Waals surface area contributed by atoms with E-state index in [1.54, 1.807) is 39.3 Å². The number of amides is 1. The van der Waals surface area contributed by atoms with Crippen molar-refractivity contribution in [3.05, 3.63) is 59.2 Å². The molecule has 1 amide bonds. The van der Waals surface area contributed by atoms with Crippen LogP contribution in [0.2, 0.25) is 0 Å². The molecule has 146 valence electrons. The first kappa shape index (κ1) is 19.2. The van der Waals surface area contributed by atoms with Gasteiger partial charge in [0, 0.05) is 23.7 Å². The van der Waals surface area contributed by atoms with Gasteiger partial charge in [-0.2, -0.15) is 4.98 Å². The van der Waals surface area contributed by atoms with Crippen LogP contribution in [0.25, 0.3) is 0 Å². The third-order valence-electron chi connectivity index (χ3n) is 4.00. The molecule has 3 rings (SSSR count). The van der Waals surface area contributed by atoms with Crippen LogP contribution in [-0.2, 0) is 6.42 Å². The third-order valence-corrected chi connectivity index (χ3v) is 4.00. The Morgan fingerprint density at radius 3 is 2.57 bits per heavy atom. The highest BCUT2D eigenvalue weighted by Gasteiger charge is 2.15. The minimum Gasteiger partial charge on any atom is -0.497 e. The lowest BCUT2D eigenvalue weighted by Crippen LogP contribution is -2.14. The third kappa shape index (κ3) is 4.40. The predicted molar refractivity (Wildman–Crippen MR) is 102 cm³/mol. The zero-order valence-corrected chi connectivity index (χ0v) is 16.1. The molecule has 0 fully saturated rings. The Hall–Kier alpha value is -3.55. The summed E-state index contributed by atoms with van der Waals surface area (Å²) < 4.78 is 21.4. The molecule has 0 bridgehead atoms. The van der Waals surface area contributed by atoms with E-state index in [1.165, 1.54) is 7.11 Å². The molecule has 0 aliphatic carbocycles. The van der Waals surface area contributed by atoms with Crippen molar-refractivity contribution in [2.24, 2.45) is 0 Å². The number of anilines is 1. The van der Waals surface area contributed by atoms with Crippen LogP contribution in [0, 0.1) is 6.92 Å². The van der Waals surface area contributed by atoms with E-state index in [1.807, 2.05) is 18.2 Å². The summed E-state index contributed by atoms with van der Waals surface area (Å²) in [4.78, 5) is 20.7. The van der Waals surface area contributed by atoms with E-state index in [-0.39, 0.29) is 11.7 Å². The number of nitrogens with zero attached hydrogens (tertiary/aromatic N) is 2. The van der Waals surface area contributed by atoms with Crippen LogP contribution in [0.1, 0.15) is 27.6 Å². The smallest absolute Gasteiger partial charge is 0.293 e. The number of benzene rings is 1. The van der Waals surface area contributed by atoms with E-state index in [9.17, 15) is 4.79 Å². The number of nitrogens with one attached hydrogen (secondary N) is 1. The van der Waals surface area contributed by atoms with Gasteiger partial charge in [-0.15, -0.1) is 0 Å². The van der Waals surface area contributed by atoms with Crippen molar-refractivity contribution in [2.45, 2.75) is 13.3 Å². The number of furan rings is 1.